The number of ether oxygens (including phenoxy) is 2. The van der Waals surface area contributed by atoms with E-state index >= 15 is 0 Å². The van der Waals surface area contributed by atoms with Crippen LogP contribution >= 0.6 is 0 Å². The first-order valence-corrected chi connectivity index (χ1v) is 5.27. The van der Waals surface area contributed by atoms with E-state index in [2.05, 4.69) is 9.72 Å². The van der Waals surface area contributed by atoms with E-state index in [9.17, 15) is 4.79 Å². The highest BCUT2D eigenvalue weighted by Gasteiger charge is 2.13. The number of pyridine rings is 1. The van der Waals surface area contributed by atoms with E-state index in [0.717, 1.165) is 0 Å². The first-order valence-electron chi connectivity index (χ1n) is 5.27. The molecule has 0 aliphatic heterocycles. The average Bonchev–Trinajstić information content (AvgIpc) is 2.41. The molecule has 1 aromatic heterocycles. The maximum Gasteiger partial charge on any atom is 0.341 e. The number of nitrogen functional groups attached to an aromatic ring is 1. The zero-order chi connectivity index (χ0) is 13.0. The average molecular weight is 244 g/mol. The molecule has 2 N–H and O–H groups in total. The Morgan fingerprint density at radius 2 is 2.00 bits per heavy atom. The highest BCUT2D eigenvalue weighted by Crippen LogP contribution is 2.28. The number of nitrogens with two attached hydrogens (primary N) is 1. The number of esters is 1. The molecule has 0 unspecified atom stereocenters. The van der Waals surface area contributed by atoms with Crippen LogP contribution in [0.15, 0.2) is 42.7 Å². The highest BCUT2D eigenvalue weighted by atomic mass is 16.5. The second-order valence-corrected chi connectivity index (χ2v) is 3.50. The molecule has 1 heterocycles. The third-order valence-electron chi connectivity index (χ3n) is 2.33. The molecule has 0 aliphatic rings. The van der Waals surface area contributed by atoms with Crippen molar-refractivity contribution in [3.05, 3.63) is 48.3 Å². The lowest BCUT2D eigenvalue weighted by Gasteiger charge is -2.10. The molecule has 0 aliphatic carbocycles. The zero-order valence-corrected chi connectivity index (χ0v) is 9.79. The molecular weight excluding hydrogens is 232 g/mol. The molecule has 2 aromatic rings. The Kier molecular flexibility index (Phi) is 3.43. The molecule has 0 fully saturated rings. The quantitative estimate of drug-likeness (QED) is 0.838. The van der Waals surface area contributed by atoms with Gasteiger partial charge in [-0.3, -0.25) is 4.98 Å². The summed E-state index contributed by atoms with van der Waals surface area (Å²) in [5.74, 6) is 0.311. The van der Waals surface area contributed by atoms with E-state index in [1.54, 1.807) is 36.5 Å². The Bertz CT molecular complexity index is 570. The summed E-state index contributed by atoms with van der Waals surface area (Å²) in [5.41, 5.74) is 6.53. The van der Waals surface area contributed by atoms with Gasteiger partial charge in [-0.2, -0.15) is 0 Å². The van der Waals surface area contributed by atoms with Gasteiger partial charge in [-0.05, 0) is 18.2 Å². The second kappa shape index (κ2) is 5.18. The first kappa shape index (κ1) is 11.9. The number of carbonyl (C=O) groups is 1. The van der Waals surface area contributed by atoms with Gasteiger partial charge >= 0.3 is 5.97 Å². The number of benzene rings is 1. The second-order valence-electron chi connectivity index (χ2n) is 3.50. The number of carbonyl (C=O) groups excluding carboxylic acids is 1. The molecule has 0 bridgehead atoms. The van der Waals surface area contributed by atoms with Gasteiger partial charge in [0.25, 0.3) is 0 Å². The monoisotopic (exact) mass is 244 g/mol. The number of hydrogen-bond donors (Lipinski definition) is 1. The molecule has 0 amide bonds. The van der Waals surface area contributed by atoms with Gasteiger partial charge in [0.2, 0.25) is 0 Å². The van der Waals surface area contributed by atoms with Crippen LogP contribution in [0.3, 0.4) is 0 Å². The largest absolute Gasteiger partial charge is 0.465 e. The summed E-state index contributed by atoms with van der Waals surface area (Å²) in [5, 5.41) is 0. The minimum absolute atomic E-state index is 0.336. The number of hydrogen-bond acceptors (Lipinski definition) is 5. The molecule has 0 spiro atoms. The van der Waals surface area contributed by atoms with Crippen LogP contribution in [-0.4, -0.2) is 18.1 Å². The van der Waals surface area contributed by atoms with Crippen LogP contribution in [0.4, 0.5) is 5.69 Å². The molecule has 18 heavy (non-hydrogen) atoms. The first-order chi connectivity index (χ1) is 8.72. The minimum Gasteiger partial charge on any atom is -0.465 e. The fraction of sp³-hybridized carbons (Fsp3) is 0.0769. The third kappa shape index (κ3) is 2.40. The Balaban J connectivity index is 2.35. The summed E-state index contributed by atoms with van der Waals surface area (Å²) in [6, 6.07) is 8.39. The fourth-order valence-electron chi connectivity index (χ4n) is 1.43. The van der Waals surface area contributed by atoms with Crippen molar-refractivity contribution in [2.24, 2.45) is 0 Å². The Morgan fingerprint density at radius 3 is 2.72 bits per heavy atom. The molecule has 2 rings (SSSR count). The molecular formula is C13H12N2O3. The van der Waals surface area contributed by atoms with Crippen molar-refractivity contribution in [3.8, 4) is 11.5 Å². The number of nitrogens with zero attached hydrogens (tertiary/aromatic N) is 1. The molecule has 1 aromatic carbocycles. The van der Waals surface area contributed by atoms with Crippen molar-refractivity contribution >= 4 is 11.7 Å². The number of anilines is 1. The Morgan fingerprint density at radius 1 is 1.22 bits per heavy atom. The summed E-state index contributed by atoms with van der Waals surface area (Å²) < 4.78 is 10.3. The Labute approximate surface area is 104 Å². The van der Waals surface area contributed by atoms with Gasteiger partial charge in [0.1, 0.15) is 11.3 Å². The molecule has 0 saturated carbocycles. The highest BCUT2D eigenvalue weighted by molar-refractivity contribution is 5.92. The van der Waals surface area contributed by atoms with E-state index in [1.165, 1.54) is 13.3 Å². The molecule has 92 valence electrons. The van der Waals surface area contributed by atoms with Crippen molar-refractivity contribution in [1.29, 1.82) is 0 Å². The van der Waals surface area contributed by atoms with E-state index in [4.69, 9.17) is 10.5 Å². The molecule has 0 radical (unpaired) electrons. The van der Waals surface area contributed by atoms with Crippen molar-refractivity contribution < 1.29 is 14.3 Å². The van der Waals surface area contributed by atoms with Gasteiger partial charge in [-0.15, -0.1) is 0 Å². The van der Waals surface area contributed by atoms with Gasteiger partial charge < -0.3 is 15.2 Å². The van der Waals surface area contributed by atoms with Gasteiger partial charge in [0, 0.05) is 6.20 Å². The lowest BCUT2D eigenvalue weighted by atomic mass is 10.2. The maximum absolute atomic E-state index is 11.6. The van der Waals surface area contributed by atoms with Crippen LogP contribution in [-0.2, 0) is 4.74 Å². The molecule has 0 atom stereocenters. The van der Waals surface area contributed by atoms with Gasteiger partial charge in [0.15, 0.2) is 5.75 Å². The van der Waals surface area contributed by atoms with E-state index in [0.29, 0.717) is 22.7 Å². The number of para-hydroxylation sites is 1. The van der Waals surface area contributed by atoms with Crippen LogP contribution in [0.1, 0.15) is 10.4 Å². The topological polar surface area (TPSA) is 74.4 Å². The lowest BCUT2D eigenvalue weighted by molar-refractivity contribution is 0.0598. The van der Waals surface area contributed by atoms with Crippen LogP contribution in [0.2, 0.25) is 0 Å². The van der Waals surface area contributed by atoms with Crippen molar-refractivity contribution in [2.75, 3.05) is 12.8 Å². The van der Waals surface area contributed by atoms with Crippen molar-refractivity contribution in [1.82, 2.24) is 4.98 Å². The predicted octanol–water partition coefficient (Wildman–Crippen LogP) is 2.24. The summed E-state index contributed by atoms with van der Waals surface area (Å²) in [6.07, 6.45) is 3.05. The molecule has 5 heteroatoms. The predicted molar refractivity (Wildman–Crippen MR) is 66.5 cm³/mol. The minimum atomic E-state index is -0.465. The number of aromatic nitrogens is 1. The number of rotatable bonds is 3. The van der Waals surface area contributed by atoms with E-state index < -0.39 is 5.97 Å². The maximum atomic E-state index is 11.6. The van der Waals surface area contributed by atoms with Crippen LogP contribution < -0.4 is 10.5 Å². The zero-order valence-electron chi connectivity index (χ0n) is 9.79. The lowest BCUT2D eigenvalue weighted by Crippen LogP contribution is -2.04. The van der Waals surface area contributed by atoms with E-state index in [-0.39, 0.29) is 0 Å². The summed E-state index contributed by atoms with van der Waals surface area (Å²) in [4.78, 5) is 15.5. The van der Waals surface area contributed by atoms with Crippen molar-refractivity contribution in [2.45, 2.75) is 0 Å². The van der Waals surface area contributed by atoms with Gasteiger partial charge in [-0.1, -0.05) is 12.1 Å². The fourth-order valence-corrected chi connectivity index (χ4v) is 1.43. The SMILES string of the molecule is COC(=O)c1ccccc1Oc1cnccc1N. The third-order valence-corrected chi connectivity index (χ3v) is 2.33. The summed E-state index contributed by atoms with van der Waals surface area (Å²) >= 11 is 0. The van der Waals surface area contributed by atoms with Crippen LogP contribution in [0, 0.1) is 0 Å². The standard InChI is InChI=1S/C13H12N2O3/c1-17-13(16)9-4-2-3-5-11(9)18-12-8-15-7-6-10(12)14/h2-8H,1H3,(H2,14,15). The van der Waals surface area contributed by atoms with Gasteiger partial charge in [-0.25, -0.2) is 4.79 Å². The molecule has 0 saturated heterocycles. The Hall–Kier alpha value is -2.56. The smallest absolute Gasteiger partial charge is 0.341 e. The molecule has 5 nitrogen and oxygen atoms in total. The summed E-state index contributed by atoms with van der Waals surface area (Å²) in [7, 11) is 1.32. The van der Waals surface area contributed by atoms with Gasteiger partial charge in [0.05, 0.1) is 19.0 Å². The summed E-state index contributed by atoms with van der Waals surface area (Å²) in [6.45, 7) is 0. The van der Waals surface area contributed by atoms with Crippen molar-refractivity contribution in [3.63, 3.8) is 0 Å². The number of methoxy groups -OCH3 is 1. The van der Waals surface area contributed by atoms with E-state index in [1.807, 2.05) is 0 Å². The van der Waals surface area contributed by atoms with Crippen LogP contribution in [0.5, 0.6) is 11.5 Å². The normalized spacial score (nSPS) is 9.83. The van der Waals surface area contributed by atoms with Crippen LogP contribution in [0.25, 0.3) is 0 Å².